The lowest BCUT2D eigenvalue weighted by Crippen LogP contribution is -2.33. The van der Waals surface area contributed by atoms with Crippen molar-refractivity contribution >= 4 is 11.9 Å². The molecule has 26 heavy (non-hydrogen) atoms. The van der Waals surface area contributed by atoms with Crippen LogP contribution >= 0.6 is 0 Å². The molecule has 0 fully saturated rings. The van der Waals surface area contributed by atoms with Gasteiger partial charge in [-0.25, -0.2) is 4.99 Å². The lowest BCUT2D eigenvalue weighted by atomic mass is 10.2. The third-order valence-corrected chi connectivity index (χ3v) is 3.49. The van der Waals surface area contributed by atoms with Gasteiger partial charge in [0, 0.05) is 31.4 Å². The summed E-state index contributed by atoms with van der Waals surface area (Å²) < 4.78 is 5.47. The number of aromatic nitrogens is 1. The summed E-state index contributed by atoms with van der Waals surface area (Å²) in [5, 5.41) is 5.76. The maximum atomic E-state index is 11.4. The van der Waals surface area contributed by atoms with Crippen molar-refractivity contribution in [1.29, 1.82) is 0 Å². The van der Waals surface area contributed by atoms with E-state index in [1.165, 1.54) is 0 Å². The van der Waals surface area contributed by atoms with Gasteiger partial charge in [0.15, 0.2) is 12.6 Å². The molecular weight excluding hydrogens is 330 g/mol. The number of nitrogens with two attached hydrogens (primary N) is 1. The Labute approximate surface area is 153 Å². The van der Waals surface area contributed by atoms with Crippen molar-refractivity contribution in [2.75, 3.05) is 19.7 Å². The molecule has 0 saturated heterocycles. The van der Waals surface area contributed by atoms with Gasteiger partial charge in [0.2, 0.25) is 0 Å². The van der Waals surface area contributed by atoms with Gasteiger partial charge in [-0.1, -0.05) is 18.2 Å². The number of nitrogens with zero attached hydrogens (tertiary/aromatic N) is 2. The smallest absolute Gasteiger partial charge is 0.257 e. The van der Waals surface area contributed by atoms with Gasteiger partial charge in [-0.2, -0.15) is 0 Å². The fraction of sp³-hybridized carbons (Fsp3) is 0.316. The van der Waals surface area contributed by atoms with Crippen molar-refractivity contribution < 1.29 is 9.53 Å². The quantitative estimate of drug-likeness (QED) is 0.464. The van der Waals surface area contributed by atoms with Gasteiger partial charge in [0.05, 0.1) is 6.54 Å². The van der Waals surface area contributed by atoms with Crippen molar-refractivity contribution in [2.45, 2.75) is 19.9 Å². The zero-order chi connectivity index (χ0) is 18.6. The van der Waals surface area contributed by atoms with Crippen LogP contribution in [0.1, 0.15) is 18.2 Å². The second-order valence-corrected chi connectivity index (χ2v) is 5.59. The molecule has 1 aromatic carbocycles. The van der Waals surface area contributed by atoms with Crippen LogP contribution in [0.2, 0.25) is 0 Å². The van der Waals surface area contributed by atoms with E-state index in [1.54, 1.807) is 12.3 Å². The fourth-order valence-corrected chi connectivity index (χ4v) is 2.23. The Morgan fingerprint density at radius 1 is 1.23 bits per heavy atom. The normalized spacial score (nSPS) is 11.0. The minimum absolute atomic E-state index is 0.00221. The highest BCUT2D eigenvalue weighted by Gasteiger charge is 2.02. The molecule has 0 aliphatic heterocycles. The topological polar surface area (TPSA) is 102 Å². The number of ether oxygens (including phenoxy) is 1. The molecule has 0 aliphatic carbocycles. The van der Waals surface area contributed by atoms with Crippen LogP contribution in [-0.2, 0) is 17.8 Å². The predicted octanol–water partition coefficient (Wildman–Crippen LogP) is 1.24. The first-order chi connectivity index (χ1) is 12.7. The van der Waals surface area contributed by atoms with Crippen LogP contribution in [0.15, 0.2) is 53.7 Å². The molecule has 0 spiro atoms. The minimum atomic E-state index is -0.141. The zero-order valence-electron chi connectivity index (χ0n) is 14.9. The van der Waals surface area contributed by atoms with Crippen LogP contribution in [-0.4, -0.2) is 36.5 Å². The summed E-state index contributed by atoms with van der Waals surface area (Å²) in [6, 6.07) is 13.3. The summed E-state index contributed by atoms with van der Waals surface area (Å²) in [5.41, 5.74) is 7.85. The van der Waals surface area contributed by atoms with Gasteiger partial charge < -0.3 is 21.1 Å². The molecule has 1 aromatic heterocycles. The third kappa shape index (κ3) is 7.21. The first-order valence-corrected chi connectivity index (χ1v) is 8.59. The van der Waals surface area contributed by atoms with E-state index in [0.717, 1.165) is 17.7 Å². The monoisotopic (exact) mass is 355 g/mol. The number of carbonyl (C=O) groups is 1. The van der Waals surface area contributed by atoms with Crippen LogP contribution in [0, 0.1) is 0 Å². The number of guanidine groups is 1. The SMILES string of the molecule is CCNC(=O)COc1cccc(CN=C(N)NCCc2ccccn2)c1. The molecule has 1 amide bonds. The summed E-state index contributed by atoms with van der Waals surface area (Å²) in [7, 11) is 0. The predicted molar refractivity (Wildman–Crippen MR) is 102 cm³/mol. The average molecular weight is 355 g/mol. The van der Waals surface area contributed by atoms with E-state index >= 15 is 0 Å². The molecule has 1 heterocycles. The van der Waals surface area contributed by atoms with E-state index < -0.39 is 0 Å². The van der Waals surface area contributed by atoms with Crippen LogP contribution in [0.25, 0.3) is 0 Å². The molecule has 4 N–H and O–H groups in total. The summed E-state index contributed by atoms with van der Waals surface area (Å²) in [6.07, 6.45) is 2.55. The molecule has 0 atom stereocenters. The molecule has 0 bridgehead atoms. The molecule has 7 nitrogen and oxygen atoms in total. The number of hydrogen-bond donors (Lipinski definition) is 3. The van der Waals surface area contributed by atoms with E-state index in [4.69, 9.17) is 10.5 Å². The number of likely N-dealkylation sites (N-methyl/N-ethyl adjacent to an activating group) is 1. The first kappa shape index (κ1) is 19.2. The number of pyridine rings is 1. The van der Waals surface area contributed by atoms with Crippen LogP contribution < -0.4 is 21.1 Å². The van der Waals surface area contributed by atoms with Gasteiger partial charge in [0.25, 0.3) is 5.91 Å². The largest absolute Gasteiger partial charge is 0.484 e. The lowest BCUT2D eigenvalue weighted by Gasteiger charge is -2.08. The molecular formula is C19H25N5O2. The highest BCUT2D eigenvalue weighted by molar-refractivity contribution is 5.78. The Morgan fingerprint density at radius 2 is 2.12 bits per heavy atom. The maximum absolute atomic E-state index is 11.4. The summed E-state index contributed by atoms with van der Waals surface area (Å²) in [6.45, 7) is 3.55. The summed E-state index contributed by atoms with van der Waals surface area (Å²) in [5.74, 6) is 0.873. The van der Waals surface area contributed by atoms with Crippen LogP contribution in [0.3, 0.4) is 0 Å². The van der Waals surface area contributed by atoms with Gasteiger partial charge in [-0.15, -0.1) is 0 Å². The standard InChI is InChI=1S/C19H25N5O2/c1-2-21-18(25)14-26-17-8-5-6-15(12-17)13-24-19(20)23-11-9-16-7-3-4-10-22-16/h3-8,10,12H,2,9,11,13-14H2,1H3,(H,21,25)(H3,20,23,24). The number of amides is 1. The summed E-state index contributed by atoms with van der Waals surface area (Å²) >= 11 is 0. The Bertz CT molecular complexity index is 719. The maximum Gasteiger partial charge on any atom is 0.257 e. The van der Waals surface area contributed by atoms with Crippen molar-refractivity contribution in [1.82, 2.24) is 15.6 Å². The first-order valence-electron chi connectivity index (χ1n) is 8.59. The van der Waals surface area contributed by atoms with Crippen molar-refractivity contribution in [3.63, 3.8) is 0 Å². The van der Waals surface area contributed by atoms with Gasteiger partial charge >= 0.3 is 0 Å². The zero-order valence-corrected chi connectivity index (χ0v) is 14.9. The molecule has 2 aromatic rings. The van der Waals surface area contributed by atoms with Crippen molar-refractivity contribution in [2.24, 2.45) is 10.7 Å². The van der Waals surface area contributed by atoms with Crippen LogP contribution in [0.4, 0.5) is 0 Å². The number of hydrogen-bond acceptors (Lipinski definition) is 4. The molecule has 138 valence electrons. The Morgan fingerprint density at radius 3 is 2.88 bits per heavy atom. The van der Waals surface area contributed by atoms with Crippen LogP contribution in [0.5, 0.6) is 5.75 Å². The van der Waals surface area contributed by atoms with Gasteiger partial charge in [-0.3, -0.25) is 9.78 Å². The van der Waals surface area contributed by atoms with E-state index in [2.05, 4.69) is 20.6 Å². The number of benzene rings is 1. The molecule has 2 rings (SSSR count). The highest BCUT2D eigenvalue weighted by atomic mass is 16.5. The van der Waals surface area contributed by atoms with E-state index in [-0.39, 0.29) is 12.5 Å². The number of aliphatic imine (C=N–C) groups is 1. The van der Waals surface area contributed by atoms with Crippen molar-refractivity contribution in [3.8, 4) is 5.75 Å². The van der Waals surface area contributed by atoms with E-state index in [0.29, 0.717) is 31.3 Å². The Balaban J connectivity index is 1.77. The van der Waals surface area contributed by atoms with E-state index in [1.807, 2.05) is 43.3 Å². The Hall–Kier alpha value is -3.09. The number of carbonyl (C=O) groups excluding carboxylic acids is 1. The molecule has 0 aliphatic rings. The lowest BCUT2D eigenvalue weighted by molar-refractivity contribution is -0.122. The Kier molecular flexibility index (Phi) is 7.92. The number of nitrogens with one attached hydrogen (secondary N) is 2. The third-order valence-electron chi connectivity index (χ3n) is 3.49. The molecule has 0 radical (unpaired) electrons. The molecule has 0 unspecified atom stereocenters. The summed E-state index contributed by atoms with van der Waals surface area (Å²) in [4.78, 5) is 20.0. The molecule has 0 saturated carbocycles. The van der Waals surface area contributed by atoms with E-state index in [9.17, 15) is 4.79 Å². The second kappa shape index (κ2) is 10.7. The fourth-order valence-electron chi connectivity index (χ4n) is 2.23. The number of rotatable bonds is 9. The van der Waals surface area contributed by atoms with Gasteiger partial charge in [0.1, 0.15) is 5.75 Å². The van der Waals surface area contributed by atoms with Gasteiger partial charge in [-0.05, 0) is 36.8 Å². The second-order valence-electron chi connectivity index (χ2n) is 5.59. The average Bonchev–Trinajstić information content (AvgIpc) is 2.66. The van der Waals surface area contributed by atoms with Crippen molar-refractivity contribution in [3.05, 3.63) is 59.9 Å². The minimum Gasteiger partial charge on any atom is -0.484 e. The highest BCUT2D eigenvalue weighted by Crippen LogP contribution is 2.13. The molecule has 7 heteroatoms.